The minimum absolute atomic E-state index is 0.389. The van der Waals surface area contributed by atoms with Gasteiger partial charge in [0, 0.05) is 4.57 Å². The monoisotopic (exact) mass is 249 g/mol. The highest BCUT2D eigenvalue weighted by Gasteiger charge is 2.09. The molecule has 0 radical (unpaired) electrons. The molecule has 0 aromatic rings. The fourth-order valence-corrected chi connectivity index (χ4v) is 1.17. The molecule has 0 amide bonds. The van der Waals surface area contributed by atoms with E-state index in [1.54, 1.807) is 0 Å². The minimum Gasteiger partial charge on any atom is -0.133 e. The average molecular weight is 249 g/mol. The molecule has 0 aromatic heterocycles. The predicted octanol–water partition coefficient (Wildman–Crippen LogP) is 4.60. The van der Waals surface area contributed by atoms with Crippen LogP contribution in [0.1, 0.15) is 58.8 Å². The van der Waals surface area contributed by atoms with E-state index >= 15 is 0 Å². The van der Waals surface area contributed by atoms with Gasteiger partial charge in [-0.15, -0.1) is 16.0 Å². The van der Waals surface area contributed by atoms with E-state index in [2.05, 4.69) is 25.0 Å². The first-order valence-corrected chi connectivity index (χ1v) is 7.21. The van der Waals surface area contributed by atoms with Crippen LogP contribution in [0, 0.1) is 0 Å². The third-order valence-electron chi connectivity index (χ3n) is 2.00. The zero-order valence-corrected chi connectivity index (χ0v) is 11.5. The van der Waals surface area contributed by atoms with Gasteiger partial charge < -0.3 is 0 Å². The van der Waals surface area contributed by atoms with Crippen LogP contribution in [0.4, 0.5) is 0 Å². The van der Waals surface area contributed by atoms with E-state index < -0.39 is 8.25 Å². The first-order chi connectivity index (χ1) is 7.68. The Balaban J connectivity index is 0. The molecule has 3 nitrogen and oxygen atoms in total. The molecule has 0 aromatic carbocycles. The van der Waals surface area contributed by atoms with Gasteiger partial charge in [-0.05, 0) is 19.3 Å². The lowest BCUT2D eigenvalue weighted by Gasteiger charge is -1.94. The van der Waals surface area contributed by atoms with Gasteiger partial charge in [-0.3, -0.25) is 0 Å². The van der Waals surface area contributed by atoms with Crippen molar-refractivity contribution >= 4 is 8.25 Å². The molecule has 0 bridgehead atoms. The summed E-state index contributed by atoms with van der Waals surface area (Å²) in [7, 11) is -2.39. The van der Waals surface area contributed by atoms with E-state index in [1.807, 2.05) is 6.08 Å². The van der Waals surface area contributed by atoms with Gasteiger partial charge >= 0.3 is 8.25 Å². The molecule has 0 aliphatic rings. The van der Waals surface area contributed by atoms with Gasteiger partial charge in [0.1, 0.15) is 6.61 Å². The maximum atomic E-state index is 10.0. The Morgan fingerprint density at radius 3 is 2.19 bits per heavy atom. The second-order valence-corrected chi connectivity index (χ2v) is 4.30. The summed E-state index contributed by atoms with van der Waals surface area (Å²) >= 11 is 0. The maximum Gasteiger partial charge on any atom is 0.694 e. The number of hydrogen-bond acceptors (Lipinski definition) is 2. The lowest BCUT2D eigenvalue weighted by atomic mass is 10.1. The van der Waals surface area contributed by atoms with Crippen LogP contribution in [-0.4, -0.2) is 11.5 Å². The summed E-state index contributed by atoms with van der Waals surface area (Å²) in [6.07, 6.45) is 9.79. The van der Waals surface area contributed by atoms with Crippen LogP contribution in [0.3, 0.4) is 0 Å². The van der Waals surface area contributed by atoms with Crippen LogP contribution >= 0.6 is 8.25 Å². The lowest BCUT2D eigenvalue weighted by molar-refractivity contribution is 0.273. The van der Waals surface area contributed by atoms with Gasteiger partial charge in [-0.25, -0.2) is 0 Å². The van der Waals surface area contributed by atoms with E-state index in [0.29, 0.717) is 6.61 Å². The van der Waals surface area contributed by atoms with Crippen molar-refractivity contribution < 1.29 is 14.0 Å². The number of allylic oxidation sites excluding steroid dienone is 1. The quantitative estimate of drug-likeness (QED) is 0.369. The summed E-state index contributed by atoms with van der Waals surface area (Å²) in [5.41, 5.74) is 0. The van der Waals surface area contributed by atoms with Gasteiger partial charge in [-0.2, -0.15) is 0 Å². The summed E-state index contributed by atoms with van der Waals surface area (Å²) in [4.78, 5) is 8.27. The largest absolute Gasteiger partial charge is 0.694 e. The second kappa shape index (κ2) is 17.2. The van der Waals surface area contributed by atoms with Crippen molar-refractivity contribution in [3.8, 4) is 0 Å². The lowest BCUT2D eigenvalue weighted by Crippen LogP contribution is -1.86. The molecule has 0 saturated heterocycles. The smallest absolute Gasteiger partial charge is 0.133 e. The molecule has 0 aliphatic heterocycles. The van der Waals surface area contributed by atoms with E-state index in [4.69, 9.17) is 4.89 Å². The van der Waals surface area contributed by atoms with Crippen LogP contribution < -0.4 is 0 Å². The Bertz CT molecular complexity index is 158. The van der Waals surface area contributed by atoms with Gasteiger partial charge in [0.25, 0.3) is 0 Å². The second-order valence-electron chi connectivity index (χ2n) is 3.56. The van der Waals surface area contributed by atoms with Crippen LogP contribution in [0.5, 0.6) is 0 Å². The Morgan fingerprint density at radius 2 is 1.75 bits per heavy atom. The molecule has 0 saturated carbocycles. The molecule has 1 N–H and O–H groups in total. The van der Waals surface area contributed by atoms with Crippen LogP contribution in [0.25, 0.3) is 0 Å². The Labute approximate surface area is 101 Å². The Hall–Kier alpha value is -0.240. The summed E-state index contributed by atoms with van der Waals surface area (Å²) in [5.74, 6) is 0. The van der Waals surface area contributed by atoms with Crippen molar-refractivity contribution in [1.82, 2.24) is 0 Å². The molecule has 16 heavy (non-hydrogen) atoms. The molecule has 0 fully saturated rings. The molecule has 4 heteroatoms. The SMILES string of the molecule is C=CCCCCCCO[P+](=O)O.CCCC. The van der Waals surface area contributed by atoms with E-state index in [9.17, 15) is 4.57 Å². The van der Waals surface area contributed by atoms with E-state index in [-0.39, 0.29) is 0 Å². The molecular weight excluding hydrogens is 223 g/mol. The highest BCUT2D eigenvalue weighted by molar-refractivity contribution is 7.32. The highest BCUT2D eigenvalue weighted by Crippen LogP contribution is 2.15. The normalized spacial score (nSPS) is 10.3. The van der Waals surface area contributed by atoms with Gasteiger partial charge in [0.05, 0.1) is 0 Å². The third kappa shape index (κ3) is 23.5. The first kappa shape index (κ1) is 18.1. The summed E-state index contributed by atoms with van der Waals surface area (Å²) in [5, 5.41) is 0. The molecule has 0 spiro atoms. The minimum atomic E-state index is -2.39. The topological polar surface area (TPSA) is 46.5 Å². The Morgan fingerprint density at radius 1 is 1.19 bits per heavy atom. The standard InChI is InChI=1S/C8H15O3P.C4H10/c1-2-3-4-5-6-7-8-11-12(9)10;1-3-4-2/h2H,1,3-8H2;3-4H2,1-2H3/p+1. The molecule has 1 atom stereocenters. The van der Waals surface area contributed by atoms with Gasteiger partial charge in [0.15, 0.2) is 0 Å². The number of rotatable bonds is 9. The average Bonchev–Trinajstić information content (AvgIpc) is 2.28. The van der Waals surface area contributed by atoms with Crippen molar-refractivity contribution in [3.05, 3.63) is 12.7 Å². The molecule has 0 heterocycles. The molecule has 1 unspecified atom stereocenters. The summed E-state index contributed by atoms with van der Waals surface area (Å²) in [6, 6.07) is 0. The third-order valence-corrected chi connectivity index (χ3v) is 2.41. The fourth-order valence-electron chi connectivity index (χ4n) is 0.887. The van der Waals surface area contributed by atoms with Crippen molar-refractivity contribution in [2.45, 2.75) is 58.8 Å². The van der Waals surface area contributed by atoms with E-state index in [0.717, 1.165) is 32.1 Å². The van der Waals surface area contributed by atoms with Gasteiger partial charge in [0.2, 0.25) is 0 Å². The predicted molar refractivity (Wildman–Crippen MR) is 69.6 cm³/mol. The first-order valence-electron chi connectivity index (χ1n) is 6.08. The fraction of sp³-hybridized carbons (Fsp3) is 0.833. The highest BCUT2D eigenvalue weighted by atomic mass is 31.1. The summed E-state index contributed by atoms with van der Waals surface area (Å²) < 4.78 is 14.5. The molecular formula is C12H26O3P+. The van der Waals surface area contributed by atoms with Crippen molar-refractivity contribution in [1.29, 1.82) is 0 Å². The molecule has 0 rings (SSSR count). The number of hydrogen-bond donors (Lipinski definition) is 1. The molecule has 0 aliphatic carbocycles. The zero-order valence-electron chi connectivity index (χ0n) is 10.7. The van der Waals surface area contributed by atoms with E-state index in [1.165, 1.54) is 12.8 Å². The van der Waals surface area contributed by atoms with Crippen LogP contribution in [-0.2, 0) is 9.09 Å². The summed E-state index contributed by atoms with van der Waals surface area (Å²) in [6.45, 7) is 8.37. The molecule has 96 valence electrons. The zero-order chi connectivity index (χ0) is 12.6. The van der Waals surface area contributed by atoms with Crippen molar-refractivity contribution in [2.75, 3.05) is 6.61 Å². The van der Waals surface area contributed by atoms with Crippen molar-refractivity contribution in [3.63, 3.8) is 0 Å². The number of unbranched alkanes of at least 4 members (excludes halogenated alkanes) is 5. The Kier molecular flexibility index (Phi) is 19.5. The van der Waals surface area contributed by atoms with Crippen LogP contribution in [0.15, 0.2) is 12.7 Å². The van der Waals surface area contributed by atoms with Crippen molar-refractivity contribution in [2.24, 2.45) is 0 Å². The van der Waals surface area contributed by atoms with Gasteiger partial charge in [-0.1, -0.05) is 45.6 Å². The van der Waals surface area contributed by atoms with Crippen LogP contribution in [0.2, 0.25) is 0 Å². The maximum absolute atomic E-state index is 10.0.